The van der Waals surface area contributed by atoms with E-state index in [9.17, 15) is 0 Å². The Hall–Kier alpha value is -8.67. The van der Waals surface area contributed by atoms with Gasteiger partial charge >= 0.3 is 0 Å². The van der Waals surface area contributed by atoms with Crippen molar-refractivity contribution >= 4 is 121 Å². The summed E-state index contributed by atoms with van der Waals surface area (Å²) in [7, 11) is 0. The van der Waals surface area contributed by atoms with Crippen LogP contribution in [0, 0.1) is 0 Å². The van der Waals surface area contributed by atoms with Gasteiger partial charge in [-0.2, -0.15) is 0 Å². The smallest absolute Gasteiger partial charge is 0.131 e. The minimum Gasteiger partial charge on any atom is -0.484 e. The molecule has 5 nitrogen and oxygen atoms in total. The lowest BCUT2D eigenvalue weighted by Crippen LogP contribution is -2.42. The van der Waals surface area contributed by atoms with Crippen molar-refractivity contribution in [3.8, 4) is 22.8 Å². The van der Waals surface area contributed by atoms with Gasteiger partial charge < -0.3 is 23.0 Å². The number of hydrogen-bond donors (Lipinski definition) is 0. The summed E-state index contributed by atoms with van der Waals surface area (Å²) in [5, 5.41) is 12.1. The molecule has 2 aliphatic rings. The molecule has 4 aromatic heterocycles. The number of aromatic nitrogens is 4. The molecule has 0 N–H and O–H groups in total. The number of fused-ring (bicyclic) bond motifs is 14. The van der Waals surface area contributed by atoms with Gasteiger partial charge in [-0.05, 0) is 102 Å². The monoisotopic (exact) mass is 970 g/mol. The molecule has 14 aromatic rings. The van der Waals surface area contributed by atoms with Crippen LogP contribution in [0.3, 0.4) is 0 Å². The molecule has 1 aliphatic carbocycles. The number of hydrogen-bond acceptors (Lipinski definition) is 2. The van der Waals surface area contributed by atoms with Crippen LogP contribution in [0.25, 0.3) is 110 Å². The first-order valence-electron chi connectivity index (χ1n) is 25.0. The largest absolute Gasteiger partial charge is 0.484 e. The summed E-state index contributed by atoms with van der Waals surface area (Å²) in [6.07, 6.45) is 6.72. The van der Waals surface area contributed by atoms with Crippen LogP contribution in [0.15, 0.2) is 249 Å². The highest BCUT2D eigenvalue weighted by molar-refractivity contribution is 8.22. The molecule has 0 saturated heterocycles. The topological polar surface area (TPSA) is 28.9 Å². The second-order valence-electron chi connectivity index (χ2n) is 19.5. The van der Waals surface area contributed by atoms with Gasteiger partial charge in [0, 0.05) is 83.3 Å². The number of ether oxygens (including phenoxy) is 1. The van der Waals surface area contributed by atoms with Crippen molar-refractivity contribution in [3.05, 3.63) is 249 Å². The first-order valence-corrected chi connectivity index (χ1v) is 27.9. The lowest BCUT2D eigenvalue weighted by Gasteiger charge is -2.42. The van der Waals surface area contributed by atoms with E-state index in [1.165, 1.54) is 70.5 Å². The minimum absolute atomic E-state index is 0.0474. The van der Waals surface area contributed by atoms with E-state index in [0.717, 1.165) is 55.9 Å². The summed E-state index contributed by atoms with van der Waals surface area (Å²) < 4.78 is 17.1. The maximum absolute atomic E-state index is 7.44. The van der Waals surface area contributed by atoms with Crippen LogP contribution in [0.2, 0.25) is 0 Å². The van der Waals surface area contributed by atoms with Crippen molar-refractivity contribution in [2.45, 2.75) is 11.8 Å². The van der Waals surface area contributed by atoms with E-state index in [0.29, 0.717) is 0 Å². The normalized spacial score (nSPS) is 17.6. The third-order valence-electron chi connectivity index (χ3n) is 15.7. The Morgan fingerprint density at radius 2 is 0.767 bits per heavy atom. The van der Waals surface area contributed by atoms with Gasteiger partial charge in [0.05, 0.1) is 49.8 Å². The quantitative estimate of drug-likeness (QED) is 0.161. The maximum atomic E-state index is 7.44. The molecule has 3 unspecified atom stereocenters. The molecule has 1 aliphatic heterocycles. The van der Waals surface area contributed by atoms with Crippen LogP contribution in [-0.4, -0.2) is 30.0 Å². The molecule has 0 bridgehead atoms. The third-order valence-corrected chi connectivity index (χ3v) is 21.1. The molecule has 0 saturated carbocycles. The van der Waals surface area contributed by atoms with Crippen molar-refractivity contribution in [3.63, 3.8) is 0 Å². The first-order chi connectivity index (χ1) is 36.1. The summed E-state index contributed by atoms with van der Waals surface area (Å²) in [6.45, 7) is 0. The van der Waals surface area contributed by atoms with Crippen LogP contribution in [-0.2, 0) is 11.8 Å². The summed E-state index contributed by atoms with van der Waals surface area (Å²) >= 11 is 7.18. The predicted octanol–water partition coefficient (Wildman–Crippen LogP) is 15.8. The summed E-state index contributed by atoms with van der Waals surface area (Å²) in [5.74, 6) is 0.846. The van der Waals surface area contributed by atoms with Crippen LogP contribution in [0.1, 0.15) is 0 Å². The zero-order valence-electron chi connectivity index (χ0n) is 39.4. The van der Waals surface area contributed by atoms with E-state index in [-0.39, 0.29) is 11.8 Å². The molecule has 16 rings (SSSR count). The molecular formula is C66H43N4OPS. The second kappa shape index (κ2) is 15.4. The van der Waals surface area contributed by atoms with E-state index in [1.807, 2.05) is 0 Å². The van der Waals surface area contributed by atoms with Crippen molar-refractivity contribution in [2.24, 2.45) is 0 Å². The molecule has 0 spiro atoms. The number of allylic oxidation sites excluding steroid dienone is 2. The Morgan fingerprint density at radius 1 is 0.356 bits per heavy atom. The first kappa shape index (κ1) is 41.0. The van der Waals surface area contributed by atoms with Gasteiger partial charge in [0.15, 0.2) is 0 Å². The maximum Gasteiger partial charge on any atom is 0.131 e. The van der Waals surface area contributed by atoms with Gasteiger partial charge in [0.2, 0.25) is 0 Å². The lowest BCUT2D eigenvalue weighted by molar-refractivity contribution is 0.253. The number of benzene rings is 10. The fourth-order valence-corrected chi connectivity index (χ4v) is 17.2. The Labute approximate surface area is 425 Å². The predicted molar refractivity (Wildman–Crippen MR) is 311 cm³/mol. The van der Waals surface area contributed by atoms with E-state index in [2.05, 4.69) is 267 Å². The van der Waals surface area contributed by atoms with Crippen LogP contribution in [0.5, 0.6) is 5.75 Å². The number of para-hydroxylation sites is 6. The van der Waals surface area contributed by atoms with Gasteiger partial charge in [-0.3, -0.25) is 0 Å². The van der Waals surface area contributed by atoms with Gasteiger partial charge in [0.25, 0.3) is 0 Å². The average molecular weight is 971 g/mol. The highest BCUT2D eigenvalue weighted by Gasteiger charge is 2.44. The SMILES string of the molecule is S=P1(c2ccccc2)c2ccc(-n3c4ccccc4c4cc5c6ccccc6n(-c6ccccc6)c5cc43)cc2OC2C=C(n3c4ccccc4c4cc5c6ccccc6n(-c6ccccc6)c5cc43)C=CC21. The van der Waals surface area contributed by atoms with Gasteiger partial charge in [-0.15, -0.1) is 0 Å². The van der Waals surface area contributed by atoms with Crippen molar-refractivity contribution in [2.75, 3.05) is 0 Å². The molecule has 344 valence electrons. The van der Waals surface area contributed by atoms with Crippen LogP contribution in [0.4, 0.5) is 0 Å². The molecule has 0 amide bonds. The highest BCUT2D eigenvalue weighted by atomic mass is 32.4. The lowest BCUT2D eigenvalue weighted by atomic mass is 10.1. The highest BCUT2D eigenvalue weighted by Crippen LogP contribution is 2.58. The summed E-state index contributed by atoms with van der Waals surface area (Å²) in [6, 6.07) is 81.3. The molecule has 7 heteroatoms. The number of rotatable bonds is 5. The fraction of sp³-hybridized carbons (Fsp3) is 0.0303. The Balaban J connectivity index is 0.901. The Morgan fingerprint density at radius 3 is 1.26 bits per heavy atom. The van der Waals surface area contributed by atoms with Gasteiger partial charge in [-0.25, -0.2) is 0 Å². The summed E-state index contributed by atoms with van der Waals surface area (Å²) in [4.78, 5) is 0. The van der Waals surface area contributed by atoms with Crippen LogP contribution < -0.4 is 15.3 Å². The van der Waals surface area contributed by atoms with Crippen LogP contribution >= 0.6 is 6.04 Å². The Bertz CT molecular complexity index is 4750. The number of nitrogens with zero attached hydrogens (tertiary/aromatic N) is 4. The molecular weight excluding hydrogens is 928 g/mol. The van der Waals surface area contributed by atoms with E-state index >= 15 is 0 Å². The summed E-state index contributed by atoms with van der Waals surface area (Å²) in [5.41, 5.74) is 13.6. The minimum atomic E-state index is -2.51. The van der Waals surface area contributed by atoms with E-state index in [4.69, 9.17) is 16.5 Å². The molecule has 0 radical (unpaired) electrons. The standard InChI is InChI=1S/C66H43N4OPS/c73-72(46-22-8-3-9-23-46)65-34-32-44(69-57-30-16-12-26-49(57)53-38-51-47-24-10-14-28-55(47)67(59(51)40-61(53)69)42-18-4-1-5-19-42)36-63(65)71-64-37-45(33-35-66(64)72)70-58-31-17-13-27-50(58)54-39-52-48-25-11-15-29-56(48)68(60(52)41-62(54)70)43-20-6-2-7-21-43/h1-41,63,65H. The zero-order chi connectivity index (χ0) is 47.9. The molecule has 10 aromatic carbocycles. The molecule has 73 heavy (non-hydrogen) atoms. The molecule has 3 atom stereocenters. The van der Waals surface area contributed by atoms with E-state index in [1.54, 1.807) is 0 Å². The van der Waals surface area contributed by atoms with Crippen molar-refractivity contribution < 1.29 is 4.74 Å². The van der Waals surface area contributed by atoms with Gasteiger partial charge in [-0.1, -0.05) is 157 Å². The third kappa shape index (κ3) is 5.76. The zero-order valence-corrected chi connectivity index (χ0v) is 41.1. The molecule has 0 fully saturated rings. The Kier molecular flexibility index (Phi) is 8.66. The van der Waals surface area contributed by atoms with E-state index < -0.39 is 6.04 Å². The second-order valence-corrected chi connectivity index (χ2v) is 24.2. The van der Waals surface area contributed by atoms with Crippen molar-refractivity contribution in [1.29, 1.82) is 0 Å². The van der Waals surface area contributed by atoms with Crippen molar-refractivity contribution in [1.82, 2.24) is 18.3 Å². The molecule has 5 heterocycles. The average Bonchev–Trinajstić information content (AvgIpc) is 4.16. The van der Waals surface area contributed by atoms with Gasteiger partial charge in [0.1, 0.15) is 11.9 Å². The fourth-order valence-electron chi connectivity index (χ4n) is 12.6.